The van der Waals surface area contributed by atoms with Crippen LogP contribution in [0.2, 0.25) is 0 Å². The van der Waals surface area contributed by atoms with Crippen LogP contribution in [0.15, 0.2) is 12.1 Å². The molecule has 0 spiro atoms. The first kappa shape index (κ1) is 11.4. The Hall–Kier alpha value is -1.63. The molecule has 1 aromatic carbocycles. The number of nitrogen functional groups attached to an aromatic ring is 1. The van der Waals surface area contributed by atoms with Gasteiger partial charge in [0.2, 0.25) is 0 Å². The minimum atomic E-state index is -0.717. The van der Waals surface area contributed by atoms with Crippen LogP contribution in [0.25, 0.3) is 0 Å². The van der Waals surface area contributed by atoms with E-state index in [2.05, 4.69) is 15.9 Å². The standard InChI is InChI=1S/C8H7BrN2O4/c9-3-6(13)7-4(11(14)15)1-2-5(12)8(7)10/h1-2,12H,3,10H2. The number of anilines is 1. The molecule has 0 aliphatic rings. The molecular weight excluding hydrogens is 268 g/mol. The molecule has 80 valence electrons. The highest BCUT2D eigenvalue weighted by Crippen LogP contribution is 2.32. The smallest absolute Gasteiger partial charge is 0.282 e. The van der Waals surface area contributed by atoms with E-state index in [-0.39, 0.29) is 22.3 Å². The van der Waals surface area contributed by atoms with Crippen LogP contribution in [0.3, 0.4) is 0 Å². The van der Waals surface area contributed by atoms with Crippen molar-refractivity contribution < 1.29 is 14.8 Å². The van der Waals surface area contributed by atoms with E-state index in [1.807, 2.05) is 0 Å². The van der Waals surface area contributed by atoms with Crippen LogP contribution in [0.5, 0.6) is 5.75 Å². The number of halogens is 1. The molecule has 0 aromatic heterocycles. The minimum Gasteiger partial charge on any atom is -0.506 e. The van der Waals surface area contributed by atoms with Crippen LogP contribution in [0, 0.1) is 10.1 Å². The number of alkyl halides is 1. The van der Waals surface area contributed by atoms with Gasteiger partial charge in [-0.25, -0.2) is 0 Å². The number of rotatable bonds is 3. The topological polar surface area (TPSA) is 106 Å². The lowest BCUT2D eigenvalue weighted by molar-refractivity contribution is -0.385. The number of nitrogens with zero attached hydrogens (tertiary/aromatic N) is 1. The fraction of sp³-hybridized carbons (Fsp3) is 0.125. The van der Waals surface area contributed by atoms with Crippen LogP contribution in [0.4, 0.5) is 11.4 Å². The van der Waals surface area contributed by atoms with Crippen molar-refractivity contribution in [1.29, 1.82) is 0 Å². The molecule has 0 heterocycles. The summed E-state index contributed by atoms with van der Waals surface area (Å²) in [6, 6.07) is 2.13. The number of nitro groups is 1. The van der Waals surface area contributed by atoms with Crippen molar-refractivity contribution in [3.05, 3.63) is 27.8 Å². The van der Waals surface area contributed by atoms with Crippen molar-refractivity contribution in [1.82, 2.24) is 0 Å². The maximum absolute atomic E-state index is 11.4. The van der Waals surface area contributed by atoms with Gasteiger partial charge in [-0.3, -0.25) is 14.9 Å². The van der Waals surface area contributed by atoms with Gasteiger partial charge < -0.3 is 10.8 Å². The molecule has 0 amide bonds. The Kier molecular flexibility index (Phi) is 3.25. The third kappa shape index (κ3) is 2.07. The molecule has 0 aliphatic heterocycles. The van der Waals surface area contributed by atoms with Crippen molar-refractivity contribution in [2.24, 2.45) is 0 Å². The summed E-state index contributed by atoms with van der Waals surface area (Å²) in [4.78, 5) is 21.3. The van der Waals surface area contributed by atoms with Gasteiger partial charge in [-0.15, -0.1) is 0 Å². The minimum absolute atomic E-state index is 0.0957. The molecule has 0 radical (unpaired) electrons. The molecule has 15 heavy (non-hydrogen) atoms. The Morgan fingerprint density at radius 1 is 1.60 bits per heavy atom. The lowest BCUT2D eigenvalue weighted by atomic mass is 10.1. The number of carbonyl (C=O) groups excluding carboxylic acids is 1. The second-order valence-electron chi connectivity index (χ2n) is 2.71. The number of nitrogens with two attached hydrogens (primary N) is 1. The number of phenolic OH excluding ortho intramolecular Hbond substituents is 1. The average molecular weight is 275 g/mol. The molecule has 7 heteroatoms. The molecule has 0 aliphatic carbocycles. The molecule has 1 rings (SSSR count). The number of ketones is 1. The number of benzene rings is 1. The number of hydrogen-bond donors (Lipinski definition) is 2. The van der Waals surface area contributed by atoms with Gasteiger partial charge in [0.1, 0.15) is 11.3 Å². The highest BCUT2D eigenvalue weighted by Gasteiger charge is 2.24. The van der Waals surface area contributed by atoms with Crippen molar-refractivity contribution in [2.75, 3.05) is 11.1 Å². The molecule has 0 atom stereocenters. The van der Waals surface area contributed by atoms with E-state index >= 15 is 0 Å². The van der Waals surface area contributed by atoms with Gasteiger partial charge in [-0.05, 0) is 6.07 Å². The number of nitro benzene ring substituents is 1. The normalized spacial score (nSPS) is 9.93. The summed E-state index contributed by atoms with van der Waals surface area (Å²) in [5, 5.41) is 19.7. The van der Waals surface area contributed by atoms with Crippen molar-refractivity contribution in [3.8, 4) is 5.75 Å². The van der Waals surface area contributed by atoms with E-state index in [4.69, 9.17) is 5.73 Å². The first-order chi connectivity index (χ1) is 6.99. The lowest BCUT2D eigenvalue weighted by Gasteiger charge is -2.05. The number of phenols is 1. The van der Waals surface area contributed by atoms with Crippen LogP contribution in [-0.4, -0.2) is 21.1 Å². The fourth-order valence-electron chi connectivity index (χ4n) is 1.11. The van der Waals surface area contributed by atoms with Gasteiger partial charge in [0, 0.05) is 6.07 Å². The van der Waals surface area contributed by atoms with Gasteiger partial charge in [0.15, 0.2) is 5.78 Å². The van der Waals surface area contributed by atoms with Gasteiger partial charge in [0.25, 0.3) is 5.69 Å². The van der Waals surface area contributed by atoms with E-state index in [0.717, 1.165) is 12.1 Å². The summed E-state index contributed by atoms with van der Waals surface area (Å²) in [7, 11) is 0. The zero-order chi connectivity index (χ0) is 11.6. The number of Topliss-reactive ketones (excluding diaryl/α,β-unsaturated/α-hetero) is 1. The highest BCUT2D eigenvalue weighted by molar-refractivity contribution is 9.09. The molecule has 1 aromatic rings. The molecule has 3 N–H and O–H groups in total. The maximum Gasteiger partial charge on any atom is 0.282 e. The van der Waals surface area contributed by atoms with Gasteiger partial charge in [0.05, 0.1) is 15.9 Å². The first-order valence-electron chi connectivity index (χ1n) is 3.84. The third-order valence-electron chi connectivity index (χ3n) is 1.80. The number of aromatic hydroxyl groups is 1. The van der Waals surface area contributed by atoms with E-state index in [1.165, 1.54) is 0 Å². The molecule has 0 fully saturated rings. The lowest BCUT2D eigenvalue weighted by Crippen LogP contribution is -2.08. The van der Waals surface area contributed by atoms with E-state index < -0.39 is 16.4 Å². The van der Waals surface area contributed by atoms with E-state index in [1.54, 1.807) is 0 Å². The molecule has 0 unspecified atom stereocenters. The summed E-state index contributed by atoms with van der Waals surface area (Å²) in [6.45, 7) is 0. The average Bonchev–Trinajstić information content (AvgIpc) is 2.20. The zero-order valence-electron chi connectivity index (χ0n) is 7.44. The quantitative estimate of drug-likeness (QED) is 0.217. The Bertz CT molecular complexity index is 433. The molecule has 0 saturated carbocycles. The number of carbonyl (C=O) groups is 1. The maximum atomic E-state index is 11.4. The van der Waals surface area contributed by atoms with Gasteiger partial charge in [-0.1, -0.05) is 15.9 Å². The highest BCUT2D eigenvalue weighted by atomic mass is 79.9. The van der Waals surface area contributed by atoms with Crippen molar-refractivity contribution >= 4 is 33.1 Å². The monoisotopic (exact) mass is 274 g/mol. The molecular formula is C8H7BrN2O4. The van der Waals surface area contributed by atoms with Crippen LogP contribution < -0.4 is 5.73 Å². The second-order valence-corrected chi connectivity index (χ2v) is 3.27. The SMILES string of the molecule is Nc1c(O)ccc([N+](=O)[O-])c1C(=O)CBr. The fourth-order valence-corrected chi connectivity index (χ4v) is 1.39. The van der Waals surface area contributed by atoms with E-state index in [0.29, 0.717) is 0 Å². The molecule has 6 nitrogen and oxygen atoms in total. The first-order valence-corrected chi connectivity index (χ1v) is 4.96. The summed E-state index contributed by atoms with van der Waals surface area (Å²) in [5.41, 5.74) is 4.46. The zero-order valence-corrected chi connectivity index (χ0v) is 9.02. The van der Waals surface area contributed by atoms with Crippen LogP contribution >= 0.6 is 15.9 Å². The predicted molar refractivity (Wildman–Crippen MR) is 57.3 cm³/mol. The second kappa shape index (κ2) is 4.26. The predicted octanol–water partition coefficient (Wildman–Crippen LogP) is 1.46. The van der Waals surface area contributed by atoms with E-state index in [9.17, 15) is 20.0 Å². The molecule has 0 saturated heterocycles. The summed E-state index contributed by atoms with van der Waals surface area (Å²) >= 11 is 2.88. The van der Waals surface area contributed by atoms with Crippen molar-refractivity contribution in [2.45, 2.75) is 0 Å². The van der Waals surface area contributed by atoms with Crippen molar-refractivity contribution in [3.63, 3.8) is 0 Å². The Morgan fingerprint density at radius 3 is 2.67 bits per heavy atom. The number of hydrogen-bond acceptors (Lipinski definition) is 5. The Balaban J connectivity index is 3.48. The summed E-state index contributed by atoms with van der Waals surface area (Å²) in [5.74, 6) is -0.889. The Labute approximate surface area is 93.0 Å². The largest absolute Gasteiger partial charge is 0.506 e. The van der Waals surface area contributed by atoms with Crippen LogP contribution in [-0.2, 0) is 0 Å². The van der Waals surface area contributed by atoms with Gasteiger partial charge >= 0.3 is 0 Å². The summed E-state index contributed by atoms with van der Waals surface area (Å²) < 4.78 is 0. The Morgan fingerprint density at radius 2 is 2.20 bits per heavy atom. The van der Waals surface area contributed by atoms with Gasteiger partial charge in [-0.2, -0.15) is 0 Å². The molecule has 0 bridgehead atoms. The summed E-state index contributed by atoms with van der Waals surface area (Å²) in [6.07, 6.45) is 0. The third-order valence-corrected chi connectivity index (χ3v) is 2.31. The van der Waals surface area contributed by atoms with Crippen LogP contribution in [0.1, 0.15) is 10.4 Å².